The number of nitrogens with one attached hydrogen (secondary N) is 3. The molecule has 2 rings (SSSR count). The van der Waals surface area contributed by atoms with Crippen molar-refractivity contribution in [2.24, 2.45) is 0 Å². The average molecular weight is 341 g/mol. The first-order chi connectivity index (χ1) is 12.1. The third-order valence-corrected chi connectivity index (χ3v) is 3.12. The third kappa shape index (κ3) is 5.65. The molecule has 0 bridgehead atoms. The number of esters is 1. The number of urea groups is 1. The van der Waals surface area contributed by atoms with E-state index < -0.39 is 24.5 Å². The Kier molecular flexibility index (Phi) is 6.53. The quantitative estimate of drug-likeness (QED) is 0.701. The summed E-state index contributed by atoms with van der Waals surface area (Å²) in [4.78, 5) is 35.0. The Morgan fingerprint density at radius 1 is 0.960 bits per heavy atom. The zero-order valence-corrected chi connectivity index (χ0v) is 13.7. The predicted molar refractivity (Wildman–Crippen MR) is 93.7 cm³/mol. The van der Waals surface area contributed by atoms with Gasteiger partial charge in [0.1, 0.15) is 0 Å². The highest BCUT2D eigenvalue weighted by Gasteiger charge is 2.15. The number of rotatable bonds is 6. The number of ether oxygens (including phenoxy) is 1. The molecule has 0 aliphatic rings. The lowest BCUT2D eigenvalue weighted by Gasteiger charge is -2.11. The maximum atomic E-state index is 12.2. The van der Waals surface area contributed by atoms with E-state index >= 15 is 0 Å². The van der Waals surface area contributed by atoms with Crippen LogP contribution in [-0.4, -0.2) is 31.1 Å². The number of anilines is 2. The Morgan fingerprint density at radius 3 is 2.36 bits per heavy atom. The summed E-state index contributed by atoms with van der Waals surface area (Å²) in [5, 5.41) is 7.60. The van der Waals surface area contributed by atoms with Gasteiger partial charge in [-0.05, 0) is 31.2 Å². The number of hydrogen-bond acceptors (Lipinski definition) is 5. The topological polar surface area (TPSA) is 96.5 Å². The molecule has 25 heavy (non-hydrogen) atoms. The first kappa shape index (κ1) is 18.0. The molecule has 0 radical (unpaired) electrons. The second-order valence-corrected chi connectivity index (χ2v) is 5.02. The van der Waals surface area contributed by atoms with Crippen LogP contribution in [0.2, 0.25) is 0 Å². The molecular formula is C18H19N3O4. The Hall–Kier alpha value is -3.35. The van der Waals surface area contributed by atoms with Gasteiger partial charge >= 0.3 is 12.0 Å². The van der Waals surface area contributed by atoms with Gasteiger partial charge in [-0.2, -0.15) is 0 Å². The molecule has 0 atom stereocenters. The molecule has 7 nitrogen and oxygen atoms in total. The molecule has 3 N–H and O–H groups in total. The summed E-state index contributed by atoms with van der Waals surface area (Å²) < 4.78 is 4.98. The minimum atomic E-state index is -0.701. The van der Waals surface area contributed by atoms with Crippen LogP contribution in [0.15, 0.2) is 54.6 Å². The van der Waals surface area contributed by atoms with Gasteiger partial charge < -0.3 is 15.4 Å². The number of carbonyl (C=O) groups is 3. The van der Waals surface area contributed by atoms with E-state index in [-0.39, 0.29) is 5.56 Å². The van der Waals surface area contributed by atoms with Crippen molar-refractivity contribution >= 4 is 29.3 Å². The van der Waals surface area contributed by atoms with Crippen molar-refractivity contribution in [1.29, 1.82) is 0 Å². The summed E-state index contributed by atoms with van der Waals surface area (Å²) in [5.41, 5.74) is 1.66. The predicted octanol–water partition coefficient (Wildman–Crippen LogP) is 2.43. The van der Waals surface area contributed by atoms with Gasteiger partial charge in [0.05, 0.1) is 11.3 Å². The van der Waals surface area contributed by atoms with Crippen molar-refractivity contribution in [3.63, 3.8) is 0 Å². The molecule has 3 amide bonds. The molecule has 0 spiro atoms. The van der Waals surface area contributed by atoms with Crippen LogP contribution in [0.3, 0.4) is 0 Å². The normalized spacial score (nSPS) is 9.80. The lowest BCUT2D eigenvalue weighted by Crippen LogP contribution is -2.41. The molecule has 0 unspecified atom stereocenters. The molecule has 0 heterocycles. The molecule has 0 aliphatic heterocycles. The lowest BCUT2D eigenvalue weighted by molar-refractivity contribution is -0.123. The first-order valence-corrected chi connectivity index (χ1v) is 7.76. The van der Waals surface area contributed by atoms with E-state index in [1.54, 1.807) is 31.2 Å². The van der Waals surface area contributed by atoms with Crippen molar-refractivity contribution < 1.29 is 19.1 Å². The van der Waals surface area contributed by atoms with E-state index in [2.05, 4.69) is 16.0 Å². The minimum absolute atomic E-state index is 0.289. The highest BCUT2D eigenvalue weighted by Crippen LogP contribution is 2.21. The number of para-hydroxylation sites is 2. The van der Waals surface area contributed by atoms with Gasteiger partial charge in [-0.1, -0.05) is 30.3 Å². The fourth-order valence-electron chi connectivity index (χ4n) is 2.02. The van der Waals surface area contributed by atoms with Crippen molar-refractivity contribution in [3.8, 4) is 0 Å². The van der Waals surface area contributed by atoms with Crippen molar-refractivity contribution in [1.82, 2.24) is 10.6 Å². The summed E-state index contributed by atoms with van der Waals surface area (Å²) in [7, 11) is 0. The van der Waals surface area contributed by atoms with E-state index in [4.69, 9.17) is 4.74 Å². The van der Waals surface area contributed by atoms with Crippen LogP contribution in [0.25, 0.3) is 0 Å². The molecule has 0 aliphatic carbocycles. The number of carbonyl (C=O) groups excluding carboxylic acids is 3. The minimum Gasteiger partial charge on any atom is -0.452 e. The van der Waals surface area contributed by atoms with E-state index in [0.29, 0.717) is 12.2 Å². The third-order valence-electron chi connectivity index (χ3n) is 3.12. The highest BCUT2D eigenvalue weighted by atomic mass is 16.5. The van der Waals surface area contributed by atoms with Gasteiger partial charge in [-0.15, -0.1) is 0 Å². The summed E-state index contributed by atoms with van der Waals surface area (Å²) in [6.45, 7) is 1.56. The largest absolute Gasteiger partial charge is 0.452 e. The average Bonchev–Trinajstić information content (AvgIpc) is 2.61. The Balaban J connectivity index is 1.98. The summed E-state index contributed by atoms with van der Waals surface area (Å²) in [5.74, 6) is -1.36. The van der Waals surface area contributed by atoms with Gasteiger partial charge in [0.15, 0.2) is 6.61 Å². The van der Waals surface area contributed by atoms with Crippen molar-refractivity contribution in [2.75, 3.05) is 18.5 Å². The Morgan fingerprint density at radius 2 is 1.64 bits per heavy atom. The second-order valence-electron chi connectivity index (χ2n) is 5.02. The van der Waals surface area contributed by atoms with Crippen LogP contribution in [0.5, 0.6) is 0 Å². The molecule has 2 aromatic carbocycles. The Bertz CT molecular complexity index is 747. The van der Waals surface area contributed by atoms with Crippen LogP contribution in [-0.2, 0) is 9.53 Å². The first-order valence-electron chi connectivity index (χ1n) is 7.76. The Labute approximate surface area is 145 Å². The molecule has 130 valence electrons. The van der Waals surface area contributed by atoms with Crippen LogP contribution < -0.4 is 16.0 Å². The van der Waals surface area contributed by atoms with E-state index in [1.807, 2.05) is 30.3 Å². The smallest absolute Gasteiger partial charge is 0.340 e. The monoisotopic (exact) mass is 341 g/mol. The summed E-state index contributed by atoms with van der Waals surface area (Å²) in [6.07, 6.45) is 0. The zero-order chi connectivity index (χ0) is 18.1. The van der Waals surface area contributed by atoms with Crippen LogP contribution in [0, 0.1) is 0 Å². The number of benzene rings is 2. The van der Waals surface area contributed by atoms with E-state index in [1.165, 1.54) is 0 Å². The SMILES string of the molecule is CCNC(=O)NC(=O)COC(=O)c1ccccc1Nc1ccccc1. The van der Waals surface area contributed by atoms with Crippen LogP contribution >= 0.6 is 0 Å². The maximum Gasteiger partial charge on any atom is 0.340 e. The number of hydrogen-bond donors (Lipinski definition) is 3. The van der Waals surface area contributed by atoms with Gasteiger partial charge in [0, 0.05) is 12.2 Å². The van der Waals surface area contributed by atoms with Crippen LogP contribution in [0.1, 0.15) is 17.3 Å². The zero-order valence-electron chi connectivity index (χ0n) is 13.7. The molecule has 0 fully saturated rings. The van der Waals surface area contributed by atoms with Crippen LogP contribution in [0.4, 0.5) is 16.2 Å². The molecule has 0 saturated heterocycles. The standard InChI is InChI=1S/C18H19N3O4/c1-2-19-18(24)21-16(22)12-25-17(23)14-10-6-7-11-15(14)20-13-8-4-3-5-9-13/h3-11,20H,2,12H2,1H3,(H2,19,21,22,24). The van der Waals surface area contributed by atoms with Gasteiger partial charge in [0.2, 0.25) is 0 Å². The van der Waals surface area contributed by atoms with Crippen molar-refractivity contribution in [3.05, 3.63) is 60.2 Å². The van der Waals surface area contributed by atoms with Crippen molar-refractivity contribution in [2.45, 2.75) is 6.92 Å². The summed E-state index contributed by atoms with van der Waals surface area (Å²) >= 11 is 0. The van der Waals surface area contributed by atoms with Gasteiger partial charge in [0.25, 0.3) is 5.91 Å². The molecule has 0 saturated carbocycles. The highest BCUT2D eigenvalue weighted by molar-refractivity contribution is 5.99. The lowest BCUT2D eigenvalue weighted by atomic mass is 10.1. The number of imide groups is 1. The molecular weight excluding hydrogens is 322 g/mol. The fraction of sp³-hybridized carbons (Fsp3) is 0.167. The van der Waals surface area contributed by atoms with E-state index in [9.17, 15) is 14.4 Å². The molecule has 7 heteroatoms. The second kappa shape index (κ2) is 9.07. The maximum absolute atomic E-state index is 12.2. The molecule has 2 aromatic rings. The number of amides is 3. The fourth-order valence-corrected chi connectivity index (χ4v) is 2.02. The molecule has 0 aromatic heterocycles. The van der Waals surface area contributed by atoms with E-state index in [0.717, 1.165) is 5.69 Å². The van der Waals surface area contributed by atoms with Gasteiger partial charge in [-0.25, -0.2) is 9.59 Å². The van der Waals surface area contributed by atoms with Gasteiger partial charge in [-0.3, -0.25) is 10.1 Å². The summed E-state index contributed by atoms with van der Waals surface area (Å²) in [6, 6.07) is 15.5.